The lowest BCUT2D eigenvalue weighted by Crippen LogP contribution is -2.74. The Morgan fingerprint density at radius 3 is 2.27 bits per heavy atom. The highest BCUT2D eigenvalue weighted by Crippen LogP contribution is 2.55. The molecule has 3 heterocycles. The smallest absolute Gasteiger partial charge is 0.254 e. The maximum absolute atomic E-state index is 14.3. The Balaban J connectivity index is 0.741. The van der Waals surface area contributed by atoms with Crippen LogP contribution in [0.25, 0.3) is 0 Å². The molecule has 5 aromatic rings. The van der Waals surface area contributed by atoms with Crippen molar-refractivity contribution < 1.29 is 41.3 Å². The molecule has 1 saturated heterocycles. The first kappa shape index (κ1) is 52.8. The Morgan fingerprint density at radius 1 is 0.930 bits per heavy atom. The molecule has 2 aromatic heterocycles. The van der Waals surface area contributed by atoms with Crippen LogP contribution >= 0.6 is 27.5 Å². The van der Waals surface area contributed by atoms with Gasteiger partial charge in [-0.25, -0.2) is 32.5 Å². The fourth-order valence-corrected chi connectivity index (χ4v) is 10.4. The maximum atomic E-state index is 14.3. The minimum atomic E-state index is -3.83. The summed E-state index contributed by atoms with van der Waals surface area (Å²) in [4.78, 5) is 44.9. The third-order valence-electron chi connectivity index (χ3n) is 12.2. The number of hydrogen-bond acceptors (Lipinski definition) is 16. The van der Waals surface area contributed by atoms with Crippen molar-refractivity contribution in [1.82, 2.24) is 30.0 Å². The van der Waals surface area contributed by atoms with E-state index in [1.807, 2.05) is 27.7 Å². The van der Waals surface area contributed by atoms with E-state index < -0.39 is 32.6 Å². The SMILES string of the molecule is CC1(C)C(NC(=O)c2cnc(N3CCC(OCCOCCOCCNS(=O)(=O)c4ccc(Nc5ncc(Br)c(Nc6cccc(F)c6C(N)=O)n5)cc4)CC3)nc2)C(C)(C)C1Oc1ccc(C#N)c(Cl)c1. The molecule has 0 bridgehead atoms. The molecule has 2 fully saturated rings. The summed E-state index contributed by atoms with van der Waals surface area (Å²) in [6.45, 7) is 11.1. The normalized spacial score (nSPS) is 17.4. The topological polar surface area (TPSA) is 258 Å². The van der Waals surface area contributed by atoms with E-state index in [1.165, 1.54) is 30.5 Å². The van der Waals surface area contributed by atoms with Crippen molar-refractivity contribution >= 4 is 78.5 Å². The van der Waals surface area contributed by atoms with Crippen molar-refractivity contribution in [1.29, 1.82) is 5.26 Å². The minimum absolute atomic E-state index is 0.0413. The lowest BCUT2D eigenvalue weighted by Gasteiger charge is -2.63. The number of halogens is 3. The summed E-state index contributed by atoms with van der Waals surface area (Å²) in [7, 11) is -3.83. The van der Waals surface area contributed by atoms with Crippen LogP contribution in [0.5, 0.6) is 5.75 Å². The highest BCUT2D eigenvalue weighted by molar-refractivity contribution is 9.10. The average molecular weight is 1080 g/mol. The van der Waals surface area contributed by atoms with Crippen LogP contribution in [0, 0.1) is 28.0 Å². The zero-order valence-corrected chi connectivity index (χ0v) is 42.5. The van der Waals surface area contributed by atoms with Gasteiger partial charge in [-0.1, -0.05) is 45.4 Å². The predicted octanol–water partition coefficient (Wildman–Crippen LogP) is 6.89. The summed E-state index contributed by atoms with van der Waals surface area (Å²) in [5.41, 5.74) is 5.57. The van der Waals surface area contributed by atoms with Gasteiger partial charge in [0.25, 0.3) is 11.8 Å². The van der Waals surface area contributed by atoms with Gasteiger partial charge in [-0.2, -0.15) is 10.2 Å². The van der Waals surface area contributed by atoms with Gasteiger partial charge in [0.2, 0.25) is 21.9 Å². The Kier molecular flexibility index (Phi) is 17.1. The van der Waals surface area contributed by atoms with E-state index in [4.69, 9.17) is 36.3 Å². The van der Waals surface area contributed by atoms with Gasteiger partial charge in [-0.15, -0.1) is 0 Å². The van der Waals surface area contributed by atoms with Crippen LogP contribution in [0.3, 0.4) is 0 Å². The predicted molar refractivity (Wildman–Crippen MR) is 267 cm³/mol. The number of nitrogens with zero attached hydrogens (tertiary/aromatic N) is 6. The van der Waals surface area contributed by atoms with Crippen LogP contribution in [0.2, 0.25) is 5.02 Å². The first-order valence-corrected chi connectivity index (χ1v) is 25.3. The first-order chi connectivity index (χ1) is 33.9. The molecule has 1 aliphatic carbocycles. The third-order valence-corrected chi connectivity index (χ3v) is 14.6. The fourth-order valence-electron chi connectivity index (χ4n) is 8.93. The van der Waals surface area contributed by atoms with Gasteiger partial charge in [0, 0.05) is 66.9 Å². The van der Waals surface area contributed by atoms with Gasteiger partial charge >= 0.3 is 0 Å². The summed E-state index contributed by atoms with van der Waals surface area (Å²) < 4.78 is 66.6. The standard InChI is InChI=1S/C48H54BrClFN11O8S/c1-47(2)43(48(3,4)44(47)70-33-11-8-29(25-52)36(50)24-33)61-42(64)30-26-55-46(56-27-30)62-17-14-32(15-18-62)69-23-22-68-21-20-67-19-16-57-71(65,66)34-12-9-31(10-13-34)58-45-54-28-35(49)41(60-45)59-38-7-5-6-37(51)39(38)40(53)63/h5-13,24,26-28,32,43-44,57H,14-23H2,1-4H3,(H2,53,63)(H,61,64)(H2,54,58,59,60). The number of carbonyl (C=O) groups excluding carboxylic acids is 2. The molecule has 2 amide bonds. The number of benzene rings is 3. The molecule has 0 radical (unpaired) electrons. The maximum Gasteiger partial charge on any atom is 0.254 e. The second-order valence-electron chi connectivity index (χ2n) is 17.9. The number of primary amides is 1. The van der Waals surface area contributed by atoms with Gasteiger partial charge in [0.1, 0.15) is 29.6 Å². The Bertz CT molecular complexity index is 2840. The van der Waals surface area contributed by atoms with E-state index >= 15 is 0 Å². The number of aromatic nitrogens is 4. The van der Waals surface area contributed by atoms with Crippen molar-refractivity contribution in [3.05, 3.63) is 111 Å². The largest absolute Gasteiger partial charge is 0.489 e. The van der Waals surface area contributed by atoms with Crippen molar-refractivity contribution in [2.24, 2.45) is 16.6 Å². The number of piperidine rings is 1. The molecule has 7 rings (SSSR count). The van der Waals surface area contributed by atoms with Crippen molar-refractivity contribution in [3.63, 3.8) is 0 Å². The number of nitrogens with two attached hydrogens (primary N) is 1. The second-order valence-corrected chi connectivity index (χ2v) is 21.0. The van der Waals surface area contributed by atoms with E-state index in [-0.39, 0.29) is 71.8 Å². The summed E-state index contributed by atoms with van der Waals surface area (Å²) in [5, 5.41) is 18.6. The van der Waals surface area contributed by atoms with Gasteiger partial charge < -0.3 is 45.5 Å². The van der Waals surface area contributed by atoms with Crippen molar-refractivity contribution in [2.45, 2.75) is 63.7 Å². The summed E-state index contributed by atoms with van der Waals surface area (Å²) >= 11 is 9.57. The van der Waals surface area contributed by atoms with Gasteiger partial charge in [-0.3, -0.25) is 9.59 Å². The molecule has 1 saturated carbocycles. The van der Waals surface area contributed by atoms with Gasteiger partial charge in [-0.05, 0) is 77.3 Å². The molecule has 376 valence electrons. The number of nitriles is 1. The van der Waals surface area contributed by atoms with Crippen LogP contribution in [0.4, 0.5) is 33.5 Å². The molecule has 0 spiro atoms. The van der Waals surface area contributed by atoms with E-state index in [9.17, 15) is 27.7 Å². The molecule has 0 unspecified atom stereocenters. The number of nitrogens with one attached hydrogen (secondary N) is 4. The van der Waals surface area contributed by atoms with Crippen LogP contribution in [-0.2, 0) is 24.2 Å². The van der Waals surface area contributed by atoms with E-state index in [0.29, 0.717) is 70.9 Å². The van der Waals surface area contributed by atoms with Crippen LogP contribution < -0.4 is 36.0 Å². The molecular formula is C48H54BrClFN11O8S. The molecule has 0 atom stereocenters. The van der Waals surface area contributed by atoms with Crippen LogP contribution in [-0.4, -0.2) is 111 Å². The lowest BCUT2D eigenvalue weighted by molar-refractivity contribution is -0.164. The number of sulfonamides is 1. The zero-order valence-electron chi connectivity index (χ0n) is 39.4. The molecule has 19 nitrogen and oxygen atoms in total. The van der Waals surface area contributed by atoms with Gasteiger partial charge in [0.15, 0.2) is 0 Å². The third kappa shape index (κ3) is 12.9. The molecule has 2 aliphatic rings. The Hall–Kier alpha value is -6.06. The number of anilines is 5. The summed E-state index contributed by atoms with van der Waals surface area (Å²) in [5.74, 6) is -0.515. The molecule has 1 aliphatic heterocycles. The fraction of sp³-hybridized carbons (Fsp3) is 0.396. The average Bonchev–Trinajstić information content (AvgIpc) is 3.34. The summed E-state index contributed by atoms with van der Waals surface area (Å²) in [6.07, 6.45) is 5.93. The van der Waals surface area contributed by atoms with E-state index in [0.717, 1.165) is 18.9 Å². The van der Waals surface area contributed by atoms with Crippen molar-refractivity contribution in [2.75, 3.05) is 68.2 Å². The second kappa shape index (κ2) is 23.0. The van der Waals surface area contributed by atoms with Crippen molar-refractivity contribution in [3.8, 4) is 11.8 Å². The molecule has 23 heteroatoms. The number of hydrogen-bond donors (Lipinski definition) is 5. The number of rotatable bonds is 22. The first-order valence-electron chi connectivity index (χ1n) is 22.6. The molecule has 3 aromatic carbocycles. The highest BCUT2D eigenvalue weighted by Gasteiger charge is 2.64. The lowest BCUT2D eigenvalue weighted by atomic mass is 9.49. The summed E-state index contributed by atoms with van der Waals surface area (Å²) in [6, 6.07) is 16.8. The minimum Gasteiger partial charge on any atom is -0.489 e. The van der Waals surface area contributed by atoms with E-state index in [2.05, 4.69) is 67.5 Å². The number of amides is 2. The van der Waals surface area contributed by atoms with Crippen LogP contribution in [0.15, 0.2) is 88.6 Å². The zero-order chi connectivity index (χ0) is 50.9. The Labute approximate surface area is 424 Å². The molecular weight excluding hydrogens is 1030 g/mol. The molecule has 71 heavy (non-hydrogen) atoms. The number of ether oxygens (including phenoxy) is 4. The monoisotopic (exact) mass is 1080 g/mol. The Morgan fingerprint density at radius 2 is 1.61 bits per heavy atom. The molecule has 6 N–H and O–H groups in total. The van der Waals surface area contributed by atoms with E-state index in [1.54, 1.807) is 42.7 Å². The highest BCUT2D eigenvalue weighted by atomic mass is 79.9. The number of carbonyl (C=O) groups is 2. The van der Waals surface area contributed by atoms with Crippen LogP contribution in [0.1, 0.15) is 66.8 Å². The quantitative estimate of drug-likeness (QED) is 0.0442. The van der Waals surface area contributed by atoms with Gasteiger partial charge in [0.05, 0.1) is 75.9 Å².